The maximum atomic E-state index is 12.6. The fourth-order valence-electron chi connectivity index (χ4n) is 3.60. The molecule has 0 amide bonds. The molecule has 1 unspecified atom stereocenters. The standard InChI is InChI=1S/C23H23NO2S/c1-3-16(2)19-6-8-24(15-19)9-7-21(25)18-5-4-17-13-22-23(14-20(17)12-18)27-11-10-26-22/h3-5,7,9,12-14,19H,1-2,6,8,10-11,15H2/b9-7+. The molecule has 0 N–H and O–H groups in total. The molecular weight excluding hydrogens is 354 g/mol. The maximum absolute atomic E-state index is 12.6. The van der Waals surface area contributed by atoms with Gasteiger partial charge in [-0.3, -0.25) is 4.79 Å². The molecule has 1 saturated heterocycles. The second kappa shape index (κ2) is 7.65. The number of fused-ring (bicyclic) bond motifs is 2. The van der Waals surface area contributed by atoms with Gasteiger partial charge in [0.05, 0.1) is 11.5 Å². The van der Waals surface area contributed by atoms with Crippen molar-refractivity contribution in [2.45, 2.75) is 11.3 Å². The molecule has 0 saturated carbocycles. The highest BCUT2D eigenvalue weighted by atomic mass is 32.2. The summed E-state index contributed by atoms with van der Waals surface area (Å²) in [5.74, 6) is 2.38. The smallest absolute Gasteiger partial charge is 0.187 e. The zero-order valence-electron chi connectivity index (χ0n) is 15.3. The van der Waals surface area contributed by atoms with Crippen molar-refractivity contribution >= 4 is 28.3 Å². The molecule has 2 aromatic rings. The fraction of sp³-hybridized carbons (Fsp3) is 0.261. The van der Waals surface area contributed by atoms with Crippen LogP contribution < -0.4 is 4.74 Å². The van der Waals surface area contributed by atoms with Crippen molar-refractivity contribution in [2.75, 3.05) is 25.4 Å². The highest BCUT2D eigenvalue weighted by Gasteiger charge is 2.21. The van der Waals surface area contributed by atoms with Crippen LogP contribution in [0.25, 0.3) is 10.8 Å². The third-order valence-corrected chi connectivity index (χ3v) is 6.23. The van der Waals surface area contributed by atoms with Crippen LogP contribution in [0, 0.1) is 5.92 Å². The average Bonchev–Trinajstić information content (AvgIpc) is 3.18. The Morgan fingerprint density at radius 1 is 1.26 bits per heavy atom. The van der Waals surface area contributed by atoms with E-state index >= 15 is 0 Å². The van der Waals surface area contributed by atoms with Crippen LogP contribution in [0.2, 0.25) is 0 Å². The van der Waals surface area contributed by atoms with Crippen LogP contribution in [0.1, 0.15) is 16.8 Å². The summed E-state index contributed by atoms with van der Waals surface area (Å²) in [7, 11) is 0. The summed E-state index contributed by atoms with van der Waals surface area (Å²) in [6, 6.07) is 10.1. The van der Waals surface area contributed by atoms with Gasteiger partial charge in [0.15, 0.2) is 5.78 Å². The number of ether oxygens (including phenoxy) is 1. The first-order valence-electron chi connectivity index (χ1n) is 9.25. The first-order chi connectivity index (χ1) is 13.1. The van der Waals surface area contributed by atoms with Crippen LogP contribution >= 0.6 is 11.8 Å². The van der Waals surface area contributed by atoms with Gasteiger partial charge in [0, 0.05) is 42.6 Å². The molecule has 1 fully saturated rings. The Bertz CT molecular complexity index is 947. The SMILES string of the molecule is C=CC(=C)C1CCN(/C=C/C(=O)c2ccc3cc4c(cc3c2)SCCO4)C1. The molecule has 4 rings (SSSR count). The van der Waals surface area contributed by atoms with Gasteiger partial charge in [-0.2, -0.15) is 0 Å². The molecule has 2 aliphatic heterocycles. The predicted molar refractivity (Wildman–Crippen MR) is 113 cm³/mol. The number of thioether (sulfide) groups is 1. The second-order valence-electron chi connectivity index (χ2n) is 7.00. The van der Waals surface area contributed by atoms with E-state index in [9.17, 15) is 4.79 Å². The van der Waals surface area contributed by atoms with Crippen LogP contribution in [0.5, 0.6) is 5.75 Å². The molecule has 2 heterocycles. The lowest BCUT2D eigenvalue weighted by Gasteiger charge is -2.17. The largest absolute Gasteiger partial charge is 0.492 e. The van der Waals surface area contributed by atoms with Crippen molar-refractivity contribution in [1.82, 2.24) is 4.90 Å². The maximum Gasteiger partial charge on any atom is 0.187 e. The molecule has 2 aromatic carbocycles. The van der Waals surface area contributed by atoms with E-state index in [2.05, 4.69) is 30.2 Å². The zero-order valence-corrected chi connectivity index (χ0v) is 16.1. The van der Waals surface area contributed by atoms with Crippen molar-refractivity contribution in [3.8, 4) is 5.75 Å². The molecule has 0 aliphatic carbocycles. The molecule has 0 spiro atoms. The van der Waals surface area contributed by atoms with Crippen LogP contribution in [0.4, 0.5) is 0 Å². The van der Waals surface area contributed by atoms with Gasteiger partial charge in [0.1, 0.15) is 5.75 Å². The van der Waals surface area contributed by atoms with E-state index in [1.807, 2.05) is 30.5 Å². The van der Waals surface area contributed by atoms with E-state index in [0.29, 0.717) is 11.5 Å². The number of rotatable bonds is 5. The summed E-state index contributed by atoms with van der Waals surface area (Å²) in [5, 5.41) is 2.18. The molecule has 0 bridgehead atoms. The van der Waals surface area contributed by atoms with Gasteiger partial charge in [-0.15, -0.1) is 11.8 Å². The lowest BCUT2D eigenvalue weighted by atomic mass is 10.0. The lowest BCUT2D eigenvalue weighted by molar-refractivity contribution is 0.104. The molecule has 0 aromatic heterocycles. The Morgan fingerprint density at radius 3 is 3.00 bits per heavy atom. The number of ketones is 1. The predicted octanol–water partition coefficient (Wildman–Crippen LogP) is 5.08. The van der Waals surface area contributed by atoms with Crippen LogP contribution in [-0.2, 0) is 0 Å². The van der Waals surface area contributed by atoms with Crippen LogP contribution in [0.15, 0.2) is 72.3 Å². The molecule has 1 atom stereocenters. The van der Waals surface area contributed by atoms with Crippen LogP contribution in [0.3, 0.4) is 0 Å². The number of nitrogens with zero attached hydrogens (tertiary/aromatic N) is 1. The van der Waals surface area contributed by atoms with E-state index in [1.165, 1.54) is 0 Å². The number of carbonyl (C=O) groups excluding carboxylic acids is 1. The molecular formula is C23H23NO2S. The molecule has 27 heavy (non-hydrogen) atoms. The Labute approximate surface area is 164 Å². The van der Waals surface area contributed by atoms with Gasteiger partial charge in [-0.25, -0.2) is 0 Å². The summed E-state index contributed by atoms with van der Waals surface area (Å²) >= 11 is 1.80. The third kappa shape index (κ3) is 3.81. The second-order valence-corrected chi connectivity index (χ2v) is 8.13. The number of hydrogen-bond donors (Lipinski definition) is 0. The molecule has 3 nitrogen and oxygen atoms in total. The highest BCUT2D eigenvalue weighted by molar-refractivity contribution is 7.99. The van der Waals surface area contributed by atoms with Gasteiger partial charge in [-0.1, -0.05) is 36.9 Å². The summed E-state index contributed by atoms with van der Waals surface area (Å²) in [6.45, 7) is 10.4. The number of allylic oxidation sites excluding steroid dienone is 2. The van der Waals surface area contributed by atoms with Crippen molar-refractivity contribution in [1.29, 1.82) is 0 Å². The van der Waals surface area contributed by atoms with Crippen molar-refractivity contribution in [3.05, 3.63) is 73.0 Å². The van der Waals surface area contributed by atoms with E-state index in [-0.39, 0.29) is 5.78 Å². The average molecular weight is 378 g/mol. The Morgan fingerprint density at radius 2 is 2.15 bits per heavy atom. The number of benzene rings is 2. The van der Waals surface area contributed by atoms with Crippen molar-refractivity contribution < 1.29 is 9.53 Å². The molecule has 138 valence electrons. The van der Waals surface area contributed by atoms with Crippen molar-refractivity contribution in [3.63, 3.8) is 0 Å². The summed E-state index contributed by atoms with van der Waals surface area (Å²) in [4.78, 5) is 16.0. The summed E-state index contributed by atoms with van der Waals surface area (Å²) < 4.78 is 5.72. The molecule has 4 heteroatoms. The van der Waals surface area contributed by atoms with Crippen molar-refractivity contribution in [2.24, 2.45) is 5.92 Å². The van der Waals surface area contributed by atoms with E-state index < -0.39 is 0 Å². The first kappa shape index (κ1) is 17.9. The summed E-state index contributed by atoms with van der Waals surface area (Å²) in [5.41, 5.74) is 1.80. The van der Waals surface area contributed by atoms with Gasteiger partial charge in [0.25, 0.3) is 0 Å². The minimum absolute atomic E-state index is 0.0320. The van der Waals surface area contributed by atoms with Gasteiger partial charge in [-0.05, 0) is 35.4 Å². The molecule has 2 aliphatic rings. The highest BCUT2D eigenvalue weighted by Crippen LogP contribution is 2.36. The van der Waals surface area contributed by atoms with Crippen LogP contribution in [-0.4, -0.2) is 36.1 Å². The van der Waals surface area contributed by atoms with E-state index in [0.717, 1.165) is 58.9 Å². The number of hydrogen-bond acceptors (Lipinski definition) is 4. The van der Waals surface area contributed by atoms with Gasteiger partial charge < -0.3 is 9.64 Å². The number of likely N-dealkylation sites (tertiary alicyclic amines) is 1. The van der Waals surface area contributed by atoms with E-state index in [4.69, 9.17) is 4.74 Å². The topological polar surface area (TPSA) is 29.5 Å². The fourth-order valence-corrected chi connectivity index (χ4v) is 4.46. The minimum atomic E-state index is 0.0320. The number of carbonyl (C=O) groups is 1. The zero-order chi connectivity index (χ0) is 18.8. The monoisotopic (exact) mass is 377 g/mol. The Balaban J connectivity index is 1.49. The summed E-state index contributed by atoms with van der Waals surface area (Å²) in [6.07, 6.45) is 6.49. The van der Waals surface area contributed by atoms with Gasteiger partial charge in [0.2, 0.25) is 0 Å². The minimum Gasteiger partial charge on any atom is -0.492 e. The Kier molecular flexibility index (Phi) is 5.08. The van der Waals surface area contributed by atoms with Gasteiger partial charge >= 0.3 is 0 Å². The Hall–Kier alpha value is -2.46. The molecule has 0 radical (unpaired) electrons. The van der Waals surface area contributed by atoms with E-state index in [1.54, 1.807) is 17.8 Å². The first-order valence-corrected chi connectivity index (χ1v) is 10.2. The lowest BCUT2D eigenvalue weighted by Crippen LogP contribution is -2.14. The quantitative estimate of drug-likeness (QED) is 0.413. The third-order valence-electron chi connectivity index (χ3n) is 5.23. The normalized spacial score (nSPS) is 19.1.